The molecule has 0 aliphatic heterocycles. The fraction of sp³-hybridized carbons (Fsp3) is 0.154. The standard InChI is InChI=1S/C13H8ClF5N2O/c14-21-11(12-8(15)2-1-5-20-12)7-3-4-10(9(16)6-7)22-13(17,18)19/h1-6,11,21H/t11-/m0/s1. The fourth-order valence-electron chi connectivity index (χ4n) is 1.79. The molecule has 22 heavy (non-hydrogen) atoms. The first kappa shape index (κ1) is 16.4. The van der Waals surface area contributed by atoms with Crippen molar-refractivity contribution in [2.24, 2.45) is 0 Å². The molecule has 1 atom stereocenters. The number of nitrogens with zero attached hydrogens (tertiary/aromatic N) is 1. The molecule has 0 spiro atoms. The van der Waals surface area contributed by atoms with Gasteiger partial charge in [-0.2, -0.15) is 0 Å². The van der Waals surface area contributed by atoms with Gasteiger partial charge in [0.1, 0.15) is 5.82 Å². The molecule has 3 nitrogen and oxygen atoms in total. The van der Waals surface area contributed by atoms with E-state index in [1.165, 1.54) is 12.3 Å². The lowest BCUT2D eigenvalue weighted by atomic mass is 10.0. The first-order valence-corrected chi connectivity index (χ1v) is 6.21. The predicted octanol–water partition coefficient (Wildman–Crippen LogP) is 4.09. The monoisotopic (exact) mass is 338 g/mol. The second-order valence-electron chi connectivity index (χ2n) is 4.15. The molecule has 1 N–H and O–H groups in total. The molecule has 0 unspecified atom stereocenters. The van der Waals surface area contributed by atoms with Gasteiger partial charge in [0.2, 0.25) is 0 Å². The SMILES string of the molecule is Fc1cc([C@H](NCl)c2ncccc2F)ccc1OC(F)(F)F. The van der Waals surface area contributed by atoms with Crippen molar-refractivity contribution in [2.75, 3.05) is 0 Å². The number of halogens is 6. The van der Waals surface area contributed by atoms with E-state index >= 15 is 0 Å². The second kappa shape index (κ2) is 6.45. The van der Waals surface area contributed by atoms with Crippen LogP contribution in [0.1, 0.15) is 17.3 Å². The van der Waals surface area contributed by atoms with Crippen molar-refractivity contribution < 1.29 is 26.7 Å². The van der Waals surface area contributed by atoms with Gasteiger partial charge in [0.15, 0.2) is 11.6 Å². The zero-order valence-corrected chi connectivity index (χ0v) is 11.4. The van der Waals surface area contributed by atoms with Gasteiger partial charge in [0, 0.05) is 6.20 Å². The Bertz CT molecular complexity index is 665. The highest BCUT2D eigenvalue weighted by atomic mass is 35.5. The van der Waals surface area contributed by atoms with Crippen LogP contribution in [0.3, 0.4) is 0 Å². The smallest absolute Gasteiger partial charge is 0.403 e. The summed E-state index contributed by atoms with van der Waals surface area (Å²) in [5.41, 5.74) is -0.0407. The number of ether oxygens (including phenoxy) is 1. The molecular weight excluding hydrogens is 331 g/mol. The lowest BCUT2D eigenvalue weighted by Crippen LogP contribution is -2.19. The highest BCUT2D eigenvalue weighted by Gasteiger charge is 2.32. The van der Waals surface area contributed by atoms with Gasteiger partial charge < -0.3 is 4.74 Å². The molecule has 0 radical (unpaired) electrons. The average molecular weight is 339 g/mol. The van der Waals surface area contributed by atoms with E-state index in [0.29, 0.717) is 0 Å². The van der Waals surface area contributed by atoms with E-state index in [2.05, 4.69) is 14.6 Å². The molecule has 9 heteroatoms. The van der Waals surface area contributed by atoms with E-state index in [1.807, 2.05) is 0 Å². The van der Waals surface area contributed by atoms with Crippen molar-refractivity contribution in [1.29, 1.82) is 0 Å². The highest BCUT2D eigenvalue weighted by molar-refractivity contribution is 6.13. The van der Waals surface area contributed by atoms with Gasteiger partial charge in [-0.15, -0.1) is 13.2 Å². The summed E-state index contributed by atoms with van der Waals surface area (Å²) in [6.45, 7) is 0. The third kappa shape index (κ3) is 3.83. The maximum absolute atomic E-state index is 13.7. The number of benzene rings is 1. The molecule has 0 saturated heterocycles. The Morgan fingerprint density at radius 2 is 1.86 bits per heavy atom. The zero-order chi connectivity index (χ0) is 16.3. The Morgan fingerprint density at radius 1 is 1.14 bits per heavy atom. The molecule has 0 aliphatic rings. The van der Waals surface area contributed by atoms with Crippen LogP contribution in [0, 0.1) is 11.6 Å². The lowest BCUT2D eigenvalue weighted by molar-refractivity contribution is -0.275. The van der Waals surface area contributed by atoms with Gasteiger partial charge in [-0.1, -0.05) is 6.07 Å². The lowest BCUT2D eigenvalue weighted by Gasteiger charge is -2.16. The van der Waals surface area contributed by atoms with Gasteiger partial charge in [0.05, 0.1) is 11.7 Å². The molecule has 1 aromatic carbocycles. The Labute approximate surface area is 126 Å². The maximum Gasteiger partial charge on any atom is 0.573 e. The van der Waals surface area contributed by atoms with E-state index in [9.17, 15) is 22.0 Å². The molecular formula is C13H8ClF5N2O. The van der Waals surface area contributed by atoms with Crippen molar-refractivity contribution in [3.05, 3.63) is 59.4 Å². The summed E-state index contributed by atoms with van der Waals surface area (Å²) in [6.07, 6.45) is -3.71. The Kier molecular flexibility index (Phi) is 4.82. The first-order chi connectivity index (χ1) is 10.3. The van der Waals surface area contributed by atoms with Gasteiger partial charge >= 0.3 is 6.36 Å². The number of hydrogen-bond acceptors (Lipinski definition) is 3. The number of rotatable bonds is 4. The quantitative estimate of drug-likeness (QED) is 0.673. The summed E-state index contributed by atoms with van der Waals surface area (Å²) in [6, 6.07) is 4.09. The third-order valence-electron chi connectivity index (χ3n) is 2.68. The van der Waals surface area contributed by atoms with E-state index in [0.717, 1.165) is 24.3 Å². The molecule has 0 amide bonds. The molecule has 1 aromatic heterocycles. The topological polar surface area (TPSA) is 34.2 Å². The van der Waals surface area contributed by atoms with Crippen molar-refractivity contribution in [2.45, 2.75) is 12.4 Å². The van der Waals surface area contributed by atoms with E-state index in [-0.39, 0.29) is 11.3 Å². The van der Waals surface area contributed by atoms with E-state index in [1.54, 1.807) is 0 Å². The second-order valence-corrected chi connectivity index (χ2v) is 4.37. The van der Waals surface area contributed by atoms with Crippen LogP contribution in [0.5, 0.6) is 5.75 Å². The first-order valence-electron chi connectivity index (χ1n) is 5.83. The fourth-order valence-corrected chi connectivity index (χ4v) is 2.02. The molecule has 0 bridgehead atoms. The molecule has 0 fully saturated rings. The molecule has 0 saturated carbocycles. The summed E-state index contributed by atoms with van der Waals surface area (Å²) < 4.78 is 67.1. The molecule has 118 valence electrons. The number of nitrogens with one attached hydrogen (secondary N) is 1. The van der Waals surface area contributed by atoms with Crippen LogP contribution in [0.2, 0.25) is 0 Å². The minimum atomic E-state index is -5.01. The van der Waals surface area contributed by atoms with Gasteiger partial charge in [-0.05, 0) is 41.6 Å². The zero-order valence-electron chi connectivity index (χ0n) is 10.7. The van der Waals surface area contributed by atoms with Gasteiger partial charge in [-0.25, -0.2) is 13.6 Å². The normalized spacial score (nSPS) is 13.0. The highest BCUT2D eigenvalue weighted by Crippen LogP contribution is 2.30. The van der Waals surface area contributed by atoms with Crippen LogP contribution < -0.4 is 9.57 Å². The Balaban J connectivity index is 2.36. The number of alkyl halides is 3. The van der Waals surface area contributed by atoms with E-state index < -0.39 is 29.8 Å². The Morgan fingerprint density at radius 3 is 2.41 bits per heavy atom. The van der Waals surface area contributed by atoms with Crippen LogP contribution in [0.25, 0.3) is 0 Å². The molecule has 0 aliphatic carbocycles. The van der Waals surface area contributed by atoms with Crippen LogP contribution in [0.4, 0.5) is 22.0 Å². The maximum atomic E-state index is 13.7. The van der Waals surface area contributed by atoms with Gasteiger partial charge in [0.25, 0.3) is 0 Å². The van der Waals surface area contributed by atoms with Crippen LogP contribution in [-0.4, -0.2) is 11.3 Å². The van der Waals surface area contributed by atoms with Crippen LogP contribution in [-0.2, 0) is 0 Å². The number of hydrogen-bond donors (Lipinski definition) is 1. The summed E-state index contributed by atoms with van der Waals surface area (Å²) >= 11 is 5.52. The summed E-state index contributed by atoms with van der Waals surface area (Å²) in [4.78, 5) is 5.99. The van der Waals surface area contributed by atoms with Crippen molar-refractivity contribution >= 4 is 11.8 Å². The molecule has 2 aromatic rings. The van der Waals surface area contributed by atoms with Crippen molar-refractivity contribution in [3.8, 4) is 5.75 Å². The third-order valence-corrected chi connectivity index (χ3v) is 2.90. The van der Waals surface area contributed by atoms with Crippen molar-refractivity contribution in [3.63, 3.8) is 0 Å². The largest absolute Gasteiger partial charge is 0.573 e. The summed E-state index contributed by atoms with van der Waals surface area (Å²) in [5, 5.41) is 0. The molecule has 1 heterocycles. The van der Waals surface area contributed by atoms with Crippen molar-refractivity contribution in [1.82, 2.24) is 9.82 Å². The number of pyridine rings is 1. The minimum absolute atomic E-state index is 0.0830. The van der Waals surface area contributed by atoms with E-state index in [4.69, 9.17) is 11.8 Å². The van der Waals surface area contributed by atoms with Gasteiger partial charge in [-0.3, -0.25) is 4.98 Å². The summed E-state index contributed by atoms with van der Waals surface area (Å²) in [5.74, 6) is -2.95. The van der Waals surface area contributed by atoms with Crippen LogP contribution in [0.15, 0.2) is 36.5 Å². The average Bonchev–Trinajstić information content (AvgIpc) is 2.43. The van der Waals surface area contributed by atoms with Crippen LogP contribution >= 0.6 is 11.8 Å². The number of aromatic nitrogens is 1. The Hall–Kier alpha value is -1.93. The predicted molar refractivity (Wildman–Crippen MR) is 68.1 cm³/mol. The summed E-state index contributed by atoms with van der Waals surface area (Å²) in [7, 11) is 0. The minimum Gasteiger partial charge on any atom is -0.403 e. The molecule has 2 rings (SSSR count).